The van der Waals surface area contributed by atoms with Crippen LogP contribution in [0.4, 0.5) is 5.69 Å². The SMILES string of the molecule is Nc1ccncc1C(=O)N1CCC(CO)CC1. The molecule has 1 aromatic heterocycles. The molecule has 1 amide bonds. The van der Waals surface area contributed by atoms with E-state index in [0.717, 1.165) is 12.8 Å². The fourth-order valence-corrected chi connectivity index (χ4v) is 2.07. The lowest BCUT2D eigenvalue weighted by molar-refractivity contribution is 0.0651. The van der Waals surface area contributed by atoms with Gasteiger partial charge in [-0.25, -0.2) is 0 Å². The van der Waals surface area contributed by atoms with Crippen LogP contribution in [0.1, 0.15) is 23.2 Å². The van der Waals surface area contributed by atoms with Gasteiger partial charge in [-0.1, -0.05) is 0 Å². The molecule has 2 rings (SSSR count). The van der Waals surface area contributed by atoms with Crippen molar-refractivity contribution >= 4 is 11.6 Å². The monoisotopic (exact) mass is 235 g/mol. The van der Waals surface area contributed by atoms with E-state index in [9.17, 15) is 4.79 Å². The van der Waals surface area contributed by atoms with Crippen LogP contribution in [0.5, 0.6) is 0 Å². The van der Waals surface area contributed by atoms with Crippen LogP contribution in [0.2, 0.25) is 0 Å². The van der Waals surface area contributed by atoms with E-state index in [2.05, 4.69) is 4.98 Å². The number of nitrogens with zero attached hydrogens (tertiary/aromatic N) is 2. The third-order valence-electron chi connectivity index (χ3n) is 3.25. The molecule has 17 heavy (non-hydrogen) atoms. The van der Waals surface area contributed by atoms with Gasteiger partial charge < -0.3 is 15.7 Å². The Hall–Kier alpha value is -1.62. The highest BCUT2D eigenvalue weighted by Crippen LogP contribution is 2.20. The van der Waals surface area contributed by atoms with Crippen LogP contribution in [0.25, 0.3) is 0 Å². The van der Waals surface area contributed by atoms with Crippen LogP contribution < -0.4 is 5.73 Å². The van der Waals surface area contributed by atoms with Crippen LogP contribution in [-0.2, 0) is 0 Å². The number of nitrogens with two attached hydrogens (primary N) is 1. The number of aromatic nitrogens is 1. The van der Waals surface area contributed by atoms with E-state index in [-0.39, 0.29) is 12.5 Å². The van der Waals surface area contributed by atoms with Crippen LogP contribution >= 0.6 is 0 Å². The van der Waals surface area contributed by atoms with Crippen LogP contribution in [0.15, 0.2) is 18.5 Å². The summed E-state index contributed by atoms with van der Waals surface area (Å²) in [7, 11) is 0. The minimum absolute atomic E-state index is 0.0630. The maximum absolute atomic E-state index is 12.2. The Morgan fingerprint density at radius 3 is 2.82 bits per heavy atom. The normalized spacial score (nSPS) is 17.1. The Balaban J connectivity index is 2.04. The first kappa shape index (κ1) is 11.9. The molecule has 1 aliphatic rings. The van der Waals surface area contributed by atoms with Crippen LogP contribution in [0.3, 0.4) is 0 Å². The molecule has 0 unspecified atom stereocenters. The first-order valence-corrected chi connectivity index (χ1v) is 5.82. The zero-order valence-corrected chi connectivity index (χ0v) is 9.67. The number of carbonyl (C=O) groups excluding carboxylic acids is 1. The number of piperidine rings is 1. The summed E-state index contributed by atoms with van der Waals surface area (Å²) in [5.41, 5.74) is 6.69. The Morgan fingerprint density at radius 1 is 1.53 bits per heavy atom. The predicted octanol–water partition coefficient (Wildman–Crippen LogP) is 0.508. The predicted molar refractivity (Wildman–Crippen MR) is 64.4 cm³/mol. The number of anilines is 1. The van der Waals surface area contributed by atoms with E-state index in [4.69, 9.17) is 10.8 Å². The fraction of sp³-hybridized carbons (Fsp3) is 0.500. The molecule has 92 valence electrons. The van der Waals surface area contributed by atoms with E-state index >= 15 is 0 Å². The van der Waals surface area contributed by atoms with Gasteiger partial charge in [0.25, 0.3) is 5.91 Å². The lowest BCUT2D eigenvalue weighted by Crippen LogP contribution is -2.39. The Morgan fingerprint density at radius 2 is 2.24 bits per heavy atom. The number of rotatable bonds is 2. The van der Waals surface area contributed by atoms with Gasteiger partial charge in [0.15, 0.2) is 0 Å². The molecule has 3 N–H and O–H groups in total. The second-order valence-corrected chi connectivity index (χ2v) is 4.38. The number of nitrogen functional groups attached to an aromatic ring is 1. The summed E-state index contributed by atoms with van der Waals surface area (Å²) in [6, 6.07) is 1.63. The molecular formula is C12H17N3O2. The van der Waals surface area contributed by atoms with Gasteiger partial charge in [0.2, 0.25) is 0 Å². The number of aliphatic hydroxyl groups excluding tert-OH is 1. The molecule has 0 atom stereocenters. The zero-order chi connectivity index (χ0) is 12.3. The van der Waals surface area contributed by atoms with Gasteiger partial charge in [0.1, 0.15) is 0 Å². The van der Waals surface area contributed by atoms with Crippen molar-refractivity contribution in [1.29, 1.82) is 0 Å². The van der Waals surface area contributed by atoms with Crippen molar-refractivity contribution in [2.45, 2.75) is 12.8 Å². The number of aliphatic hydroxyl groups is 1. The Labute approximate surface area is 100 Å². The maximum atomic E-state index is 12.2. The quantitative estimate of drug-likeness (QED) is 0.782. The lowest BCUT2D eigenvalue weighted by atomic mass is 9.97. The molecular weight excluding hydrogens is 218 g/mol. The summed E-state index contributed by atoms with van der Waals surface area (Å²) in [4.78, 5) is 17.9. The molecule has 0 aliphatic carbocycles. The minimum Gasteiger partial charge on any atom is -0.398 e. The van der Waals surface area contributed by atoms with Gasteiger partial charge in [0.05, 0.1) is 5.56 Å². The van der Waals surface area contributed by atoms with E-state index < -0.39 is 0 Å². The van der Waals surface area contributed by atoms with E-state index in [1.54, 1.807) is 17.2 Å². The summed E-state index contributed by atoms with van der Waals surface area (Å²) < 4.78 is 0. The Kier molecular flexibility index (Phi) is 3.58. The van der Waals surface area contributed by atoms with E-state index in [0.29, 0.717) is 30.3 Å². The molecule has 0 radical (unpaired) electrons. The highest BCUT2D eigenvalue weighted by Gasteiger charge is 2.24. The van der Waals surface area contributed by atoms with Gasteiger partial charge >= 0.3 is 0 Å². The number of likely N-dealkylation sites (tertiary alicyclic amines) is 1. The van der Waals surface area contributed by atoms with Crippen molar-refractivity contribution in [3.63, 3.8) is 0 Å². The molecule has 0 saturated carbocycles. The van der Waals surface area contributed by atoms with Crippen molar-refractivity contribution in [3.05, 3.63) is 24.0 Å². The van der Waals surface area contributed by atoms with Gasteiger partial charge in [-0.2, -0.15) is 0 Å². The largest absolute Gasteiger partial charge is 0.398 e. The highest BCUT2D eigenvalue weighted by atomic mass is 16.3. The minimum atomic E-state index is -0.0630. The Bertz CT molecular complexity index is 400. The number of pyridine rings is 1. The average molecular weight is 235 g/mol. The summed E-state index contributed by atoms with van der Waals surface area (Å²) in [6.45, 7) is 1.56. The number of hydrogen-bond acceptors (Lipinski definition) is 4. The number of amides is 1. The maximum Gasteiger partial charge on any atom is 0.257 e. The summed E-state index contributed by atoms with van der Waals surface area (Å²) in [5.74, 6) is 0.261. The molecule has 1 fully saturated rings. The molecule has 2 heterocycles. The summed E-state index contributed by atoms with van der Waals surface area (Å²) in [5, 5.41) is 9.04. The van der Waals surface area contributed by atoms with E-state index in [1.165, 1.54) is 6.20 Å². The lowest BCUT2D eigenvalue weighted by Gasteiger charge is -2.31. The first-order valence-electron chi connectivity index (χ1n) is 5.82. The second-order valence-electron chi connectivity index (χ2n) is 4.38. The molecule has 0 aromatic carbocycles. The molecule has 0 bridgehead atoms. The van der Waals surface area contributed by atoms with Crippen molar-refractivity contribution in [2.24, 2.45) is 5.92 Å². The average Bonchev–Trinajstić information content (AvgIpc) is 2.39. The van der Waals surface area contributed by atoms with Gasteiger partial charge in [0, 0.05) is 37.8 Å². The highest BCUT2D eigenvalue weighted by molar-refractivity contribution is 5.98. The van der Waals surface area contributed by atoms with Crippen molar-refractivity contribution in [2.75, 3.05) is 25.4 Å². The number of hydrogen-bond donors (Lipinski definition) is 2. The topological polar surface area (TPSA) is 79.5 Å². The van der Waals surface area contributed by atoms with Crippen molar-refractivity contribution in [1.82, 2.24) is 9.88 Å². The smallest absolute Gasteiger partial charge is 0.257 e. The third-order valence-corrected chi connectivity index (χ3v) is 3.25. The van der Waals surface area contributed by atoms with E-state index in [1.807, 2.05) is 0 Å². The summed E-state index contributed by atoms with van der Waals surface area (Å²) in [6.07, 6.45) is 4.78. The fourth-order valence-electron chi connectivity index (χ4n) is 2.07. The third kappa shape index (κ3) is 2.55. The second kappa shape index (κ2) is 5.14. The van der Waals surface area contributed by atoms with Gasteiger partial charge in [-0.15, -0.1) is 0 Å². The van der Waals surface area contributed by atoms with Gasteiger partial charge in [-0.05, 0) is 24.8 Å². The molecule has 1 aromatic rings. The van der Waals surface area contributed by atoms with Crippen LogP contribution in [0, 0.1) is 5.92 Å². The molecule has 1 saturated heterocycles. The zero-order valence-electron chi connectivity index (χ0n) is 9.67. The standard InChI is InChI=1S/C12H17N3O2/c13-11-1-4-14-7-10(11)12(17)15-5-2-9(8-16)3-6-15/h1,4,7,9,16H,2-3,5-6,8H2,(H2,13,14). The summed E-state index contributed by atoms with van der Waals surface area (Å²) >= 11 is 0. The van der Waals surface area contributed by atoms with Crippen LogP contribution in [-0.4, -0.2) is 40.6 Å². The molecule has 0 spiro atoms. The van der Waals surface area contributed by atoms with Crippen molar-refractivity contribution < 1.29 is 9.90 Å². The van der Waals surface area contributed by atoms with Gasteiger partial charge in [-0.3, -0.25) is 9.78 Å². The molecule has 1 aliphatic heterocycles. The van der Waals surface area contributed by atoms with Crippen molar-refractivity contribution in [3.8, 4) is 0 Å². The first-order chi connectivity index (χ1) is 8.22. The number of carbonyl (C=O) groups is 1. The molecule has 5 nitrogen and oxygen atoms in total. The molecule has 5 heteroatoms.